The highest BCUT2D eigenvalue weighted by Crippen LogP contribution is 2.22. The van der Waals surface area contributed by atoms with Gasteiger partial charge in [0.1, 0.15) is 0 Å². The van der Waals surface area contributed by atoms with Crippen LogP contribution in [0.5, 0.6) is 0 Å². The van der Waals surface area contributed by atoms with Crippen molar-refractivity contribution in [3.63, 3.8) is 0 Å². The van der Waals surface area contributed by atoms with Gasteiger partial charge in [-0.25, -0.2) is 0 Å². The summed E-state index contributed by atoms with van der Waals surface area (Å²) in [5, 5.41) is 0. The topological polar surface area (TPSA) is 50.8 Å². The van der Waals surface area contributed by atoms with E-state index in [4.69, 9.17) is 10.5 Å². The molecule has 4 heteroatoms. The SMILES string of the molecule is CC1CC(CCN=C(N)N2CCC2)CCO1. The molecule has 16 heavy (non-hydrogen) atoms. The molecule has 0 aromatic rings. The number of ether oxygens (including phenoxy) is 1. The molecule has 0 saturated carbocycles. The Kier molecular flexibility index (Phi) is 4.04. The summed E-state index contributed by atoms with van der Waals surface area (Å²) < 4.78 is 5.53. The van der Waals surface area contributed by atoms with Gasteiger partial charge in [0, 0.05) is 26.2 Å². The molecule has 2 aliphatic rings. The lowest BCUT2D eigenvalue weighted by atomic mass is 9.93. The standard InChI is InChI=1S/C12H23N3O/c1-10-9-11(4-8-16-10)3-5-14-12(13)15-6-2-7-15/h10-11H,2-9H2,1H3,(H2,13,14). The molecule has 2 fully saturated rings. The molecule has 0 amide bonds. The van der Waals surface area contributed by atoms with Gasteiger partial charge >= 0.3 is 0 Å². The van der Waals surface area contributed by atoms with Gasteiger partial charge < -0.3 is 15.4 Å². The maximum absolute atomic E-state index is 5.87. The summed E-state index contributed by atoms with van der Waals surface area (Å²) in [5.41, 5.74) is 5.87. The molecule has 2 unspecified atom stereocenters. The molecule has 0 aromatic carbocycles. The molecular weight excluding hydrogens is 202 g/mol. The number of nitrogens with two attached hydrogens (primary N) is 1. The van der Waals surface area contributed by atoms with Gasteiger partial charge in [0.2, 0.25) is 0 Å². The Bertz CT molecular complexity index is 251. The monoisotopic (exact) mass is 225 g/mol. The fourth-order valence-corrected chi connectivity index (χ4v) is 2.36. The zero-order chi connectivity index (χ0) is 11.4. The van der Waals surface area contributed by atoms with Gasteiger partial charge in [0.15, 0.2) is 5.96 Å². The second-order valence-electron chi connectivity index (χ2n) is 4.94. The van der Waals surface area contributed by atoms with Gasteiger partial charge in [0.05, 0.1) is 6.10 Å². The minimum Gasteiger partial charge on any atom is -0.378 e. The highest BCUT2D eigenvalue weighted by Gasteiger charge is 2.19. The number of likely N-dealkylation sites (tertiary alicyclic amines) is 1. The fraction of sp³-hybridized carbons (Fsp3) is 0.917. The van der Waals surface area contributed by atoms with Crippen molar-refractivity contribution in [1.82, 2.24) is 4.90 Å². The second-order valence-corrected chi connectivity index (χ2v) is 4.94. The molecule has 2 heterocycles. The number of nitrogens with zero attached hydrogens (tertiary/aromatic N) is 2. The van der Waals surface area contributed by atoms with E-state index in [1.165, 1.54) is 19.3 Å². The predicted molar refractivity (Wildman–Crippen MR) is 65.4 cm³/mol. The average molecular weight is 225 g/mol. The Labute approximate surface area is 97.9 Å². The number of rotatable bonds is 3. The zero-order valence-corrected chi connectivity index (χ0v) is 10.2. The Morgan fingerprint density at radius 1 is 1.50 bits per heavy atom. The molecule has 0 spiro atoms. The molecule has 0 aromatic heterocycles. The van der Waals surface area contributed by atoms with Crippen molar-refractivity contribution in [3.8, 4) is 0 Å². The number of hydrogen-bond acceptors (Lipinski definition) is 2. The zero-order valence-electron chi connectivity index (χ0n) is 10.2. The summed E-state index contributed by atoms with van der Waals surface area (Å²) in [5.74, 6) is 1.52. The van der Waals surface area contributed by atoms with E-state index in [-0.39, 0.29) is 0 Å². The van der Waals surface area contributed by atoms with Crippen LogP contribution in [-0.2, 0) is 4.74 Å². The van der Waals surface area contributed by atoms with Gasteiger partial charge in [-0.2, -0.15) is 0 Å². The average Bonchev–Trinajstić information content (AvgIpc) is 2.15. The Hall–Kier alpha value is -0.770. The first-order valence-corrected chi connectivity index (χ1v) is 6.42. The van der Waals surface area contributed by atoms with Crippen molar-refractivity contribution in [2.45, 2.75) is 38.7 Å². The van der Waals surface area contributed by atoms with E-state index in [2.05, 4.69) is 16.8 Å². The van der Waals surface area contributed by atoms with Crippen LogP contribution in [0, 0.1) is 5.92 Å². The van der Waals surface area contributed by atoms with Crippen LogP contribution in [0.15, 0.2) is 4.99 Å². The number of guanidine groups is 1. The molecule has 2 rings (SSSR count). The van der Waals surface area contributed by atoms with Crippen molar-refractivity contribution < 1.29 is 4.74 Å². The third-order valence-electron chi connectivity index (χ3n) is 3.58. The van der Waals surface area contributed by atoms with E-state index in [1.54, 1.807) is 0 Å². The van der Waals surface area contributed by atoms with E-state index >= 15 is 0 Å². The summed E-state index contributed by atoms with van der Waals surface area (Å²) in [6, 6.07) is 0. The lowest BCUT2D eigenvalue weighted by molar-refractivity contribution is 0.00146. The molecule has 0 radical (unpaired) electrons. The molecular formula is C12H23N3O. The van der Waals surface area contributed by atoms with Crippen LogP contribution >= 0.6 is 0 Å². The number of hydrogen-bond donors (Lipinski definition) is 1. The van der Waals surface area contributed by atoms with E-state index < -0.39 is 0 Å². The van der Waals surface area contributed by atoms with Crippen molar-refractivity contribution in [1.29, 1.82) is 0 Å². The molecule has 2 saturated heterocycles. The van der Waals surface area contributed by atoms with Crippen LogP contribution in [0.25, 0.3) is 0 Å². The largest absolute Gasteiger partial charge is 0.378 e. The van der Waals surface area contributed by atoms with E-state index in [0.717, 1.165) is 44.5 Å². The van der Waals surface area contributed by atoms with Crippen LogP contribution in [0.3, 0.4) is 0 Å². The first kappa shape index (κ1) is 11.7. The van der Waals surface area contributed by atoms with Crippen molar-refractivity contribution in [2.24, 2.45) is 16.6 Å². The van der Waals surface area contributed by atoms with E-state index in [0.29, 0.717) is 6.10 Å². The Morgan fingerprint density at radius 3 is 2.94 bits per heavy atom. The van der Waals surface area contributed by atoms with E-state index in [9.17, 15) is 0 Å². The third-order valence-corrected chi connectivity index (χ3v) is 3.58. The van der Waals surface area contributed by atoms with Crippen LogP contribution in [0.2, 0.25) is 0 Å². The second kappa shape index (κ2) is 5.53. The van der Waals surface area contributed by atoms with Gasteiger partial charge in [-0.3, -0.25) is 4.99 Å². The van der Waals surface area contributed by atoms with E-state index in [1.807, 2.05) is 0 Å². The molecule has 2 N–H and O–H groups in total. The van der Waals surface area contributed by atoms with Crippen LogP contribution < -0.4 is 5.73 Å². The maximum Gasteiger partial charge on any atom is 0.191 e. The summed E-state index contributed by atoms with van der Waals surface area (Å²) in [6.07, 6.45) is 5.20. The molecule has 92 valence electrons. The molecule has 2 aliphatic heterocycles. The third kappa shape index (κ3) is 3.11. The maximum atomic E-state index is 5.87. The van der Waals surface area contributed by atoms with Crippen LogP contribution in [0.4, 0.5) is 0 Å². The fourth-order valence-electron chi connectivity index (χ4n) is 2.36. The highest BCUT2D eigenvalue weighted by atomic mass is 16.5. The van der Waals surface area contributed by atoms with Crippen molar-refractivity contribution >= 4 is 5.96 Å². The van der Waals surface area contributed by atoms with Gasteiger partial charge in [-0.15, -0.1) is 0 Å². The first-order valence-electron chi connectivity index (χ1n) is 6.42. The highest BCUT2D eigenvalue weighted by molar-refractivity contribution is 5.78. The quantitative estimate of drug-likeness (QED) is 0.580. The Morgan fingerprint density at radius 2 is 2.31 bits per heavy atom. The van der Waals surface area contributed by atoms with Crippen LogP contribution in [0.1, 0.15) is 32.6 Å². The number of aliphatic imine (C=N–C) groups is 1. The molecule has 0 bridgehead atoms. The smallest absolute Gasteiger partial charge is 0.191 e. The summed E-state index contributed by atoms with van der Waals surface area (Å²) >= 11 is 0. The first-order chi connectivity index (χ1) is 7.75. The lowest BCUT2D eigenvalue weighted by Crippen LogP contribution is -2.46. The molecule has 4 nitrogen and oxygen atoms in total. The Balaban J connectivity index is 1.66. The minimum absolute atomic E-state index is 0.426. The summed E-state index contributed by atoms with van der Waals surface area (Å²) in [6.45, 7) is 6.12. The minimum atomic E-state index is 0.426. The van der Waals surface area contributed by atoms with Gasteiger partial charge in [0.25, 0.3) is 0 Å². The normalized spacial score (nSPS) is 31.3. The lowest BCUT2D eigenvalue weighted by Gasteiger charge is -2.32. The van der Waals surface area contributed by atoms with Crippen LogP contribution in [-0.4, -0.2) is 43.2 Å². The van der Waals surface area contributed by atoms with Gasteiger partial charge in [-0.05, 0) is 38.5 Å². The molecule has 2 atom stereocenters. The van der Waals surface area contributed by atoms with Crippen molar-refractivity contribution in [3.05, 3.63) is 0 Å². The van der Waals surface area contributed by atoms with Crippen molar-refractivity contribution in [2.75, 3.05) is 26.2 Å². The summed E-state index contributed by atoms with van der Waals surface area (Å²) in [4.78, 5) is 6.59. The van der Waals surface area contributed by atoms with Gasteiger partial charge in [-0.1, -0.05) is 0 Å². The summed E-state index contributed by atoms with van der Waals surface area (Å²) in [7, 11) is 0. The predicted octanol–water partition coefficient (Wildman–Crippen LogP) is 1.21. The molecule has 0 aliphatic carbocycles.